The van der Waals surface area contributed by atoms with Crippen LogP contribution in [-0.4, -0.2) is 40.3 Å². The van der Waals surface area contributed by atoms with Gasteiger partial charge in [-0.25, -0.2) is 0 Å². The zero-order chi connectivity index (χ0) is 19.2. The van der Waals surface area contributed by atoms with Gasteiger partial charge in [-0.15, -0.1) is 10.2 Å². The van der Waals surface area contributed by atoms with Crippen molar-refractivity contribution in [1.82, 2.24) is 25.5 Å². The first kappa shape index (κ1) is 18.7. The van der Waals surface area contributed by atoms with Gasteiger partial charge in [0.25, 0.3) is 0 Å². The van der Waals surface area contributed by atoms with Crippen LogP contribution >= 0.6 is 11.6 Å². The number of carbonyl (C=O) groups is 1. The zero-order valence-corrected chi connectivity index (χ0v) is 15.6. The molecule has 2 aromatic carbocycles. The predicted molar refractivity (Wildman–Crippen MR) is 99.7 cm³/mol. The summed E-state index contributed by atoms with van der Waals surface area (Å²) in [5.41, 5.74) is 1.66. The van der Waals surface area contributed by atoms with Gasteiger partial charge in [0.2, 0.25) is 11.7 Å². The van der Waals surface area contributed by atoms with E-state index < -0.39 is 0 Å². The number of aromatic nitrogens is 4. The van der Waals surface area contributed by atoms with Crippen molar-refractivity contribution in [3.8, 4) is 22.9 Å². The van der Waals surface area contributed by atoms with Crippen LogP contribution in [0.5, 0.6) is 11.5 Å². The Labute approximate surface area is 161 Å². The second-order valence-electron chi connectivity index (χ2n) is 5.62. The molecule has 0 atom stereocenters. The van der Waals surface area contributed by atoms with Gasteiger partial charge < -0.3 is 14.8 Å². The molecule has 27 heavy (non-hydrogen) atoms. The van der Waals surface area contributed by atoms with Gasteiger partial charge in [0.15, 0.2) is 11.5 Å². The highest BCUT2D eigenvalue weighted by Gasteiger charge is 2.10. The molecule has 0 spiro atoms. The van der Waals surface area contributed by atoms with Gasteiger partial charge in [-0.3, -0.25) is 4.79 Å². The Balaban J connectivity index is 1.58. The molecular formula is C18H18ClN5O3. The number of hydrogen-bond donors (Lipinski definition) is 1. The predicted octanol–water partition coefficient (Wildman–Crippen LogP) is 2.33. The lowest BCUT2D eigenvalue weighted by Crippen LogP contribution is -2.28. The van der Waals surface area contributed by atoms with Crippen LogP contribution in [0, 0.1) is 0 Å². The number of benzene rings is 2. The third kappa shape index (κ3) is 4.73. The first-order valence-corrected chi connectivity index (χ1v) is 8.48. The van der Waals surface area contributed by atoms with E-state index in [2.05, 4.69) is 20.7 Å². The smallest absolute Gasteiger partial charge is 0.243 e. The number of carbonyl (C=O) groups excluding carboxylic acids is 1. The molecule has 0 bridgehead atoms. The minimum atomic E-state index is -0.232. The molecular weight excluding hydrogens is 370 g/mol. The summed E-state index contributed by atoms with van der Waals surface area (Å²) in [6.45, 7) is 0.311. The lowest BCUT2D eigenvalue weighted by Gasteiger charge is -2.10. The van der Waals surface area contributed by atoms with Crippen molar-refractivity contribution in [2.45, 2.75) is 13.1 Å². The topological polar surface area (TPSA) is 91.2 Å². The van der Waals surface area contributed by atoms with Crippen molar-refractivity contribution in [2.75, 3.05) is 14.2 Å². The van der Waals surface area contributed by atoms with Crippen LogP contribution in [0.25, 0.3) is 11.4 Å². The van der Waals surface area contributed by atoms with Gasteiger partial charge in [-0.05, 0) is 47.2 Å². The number of halogens is 1. The average molecular weight is 388 g/mol. The Bertz CT molecular complexity index is 927. The maximum atomic E-state index is 12.1. The van der Waals surface area contributed by atoms with Crippen molar-refractivity contribution < 1.29 is 14.3 Å². The molecule has 0 radical (unpaired) electrons. The summed E-state index contributed by atoms with van der Waals surface area (Å²) >= 11 is 5.87. The van der Waals surface area contributed by atoms with E-state index in [1.165, 1.54) is 4.80 Å². The molecule has 3 rings (SSSR count). The molecule has 0 fully saturated rings. The molecule has 0 aliphatic rings. The minimum Gasteiger partial charge on any atom is -0.493 e. The van der Waals surface area contributed by atoms with Gasteiger partial charge in [0.1, 0.15) is 6.54 Å². The summed E-state index contributed by atoms with van der Waals surface area (Å²) in [6.07, 6.45) is 0. The van der Waals surface area contributed by atoms with Crippen LogP contribution in [0.15, 0.2) is 42.5 Å². The van der Waals surface area contributed by atoms with Crippen LogP contribution < -0.4 is 14.8 Å². The summed E-state index contributed by atoms with van der Waals surface area (Å²) in [4.78, 5) is 13.4. The van der Waals surface area contributed by atoms with E-state index >= 15 is 0 Å². The molecule has 1 heterocycles. The number of ether oxygens (including phenoxy) is 2. The molecule has 9 heteroatoms. The lowest BCUT2D eigenvalue weighted by atomic mass is 10.2. The molecule has 1 N–H and O–H groups in total. The summed E-state index contributed by atoms with van der Waals surface area (Å²) in [7, 11) is 3.14. The second-order valence-corrected chi connectivity index (χ2v) is 6.05. The molecule has 0 unspecified atom stereocenters. The van der Waals surface area contributed by atoms with Gasteiger partial charge in [-0.2, -0.15) is 4.80 Å². The van der Waals surface area contributed by atoms with E-state index in [1.54, 1.807) is 44.6 Å². The van der Waals surface area contributed by atoms with E-state index in [9.17, 15) is 4.79 Å². The summed E-state index contributed by atoms with van der Waals surface area (Å²) in [5.74, 6) is 1.44. The number of amides is 1. The van der Waals surface area contributed by atoms with Crippen LogP contribution in [0.1, 0.15) is 5.56 Å². The largest absolute Gasteiger partial charge is 0.493 e. The van der Waals surface area contributed by atoms with Gasteiger partial charge in [0.05, 0.1) is 14.2 Å². The fourth-order valence-corrected chi connectivity index (χ4v) is 2.53. The third-order valence-electron chi connectivity index (χ3n) is 3.78. The molecule has 0 saturated carbocycles. The fourth-order valence-electron chi connectivity index (χ4n) is 2.40. The number of nitrogens with one attached hydrogen (secondary N) is 1. The normalized spacial score (nSPS) is 10.5. The molecule has 0 aliphatic heterocycles. The maximum absolute atomic E-state index is 12.1. The number of nitrogens with zero attached hydrogens (tertiary/aromatic N) is 4. The number of methoxy groups -OCH3 is 2. The fraction of sp³-hybridized carbons (Fsp3) is 0.222. The van der Waals surface area contributed by atoms with E-state index in [0.717, 1.165) is 11.1 Å². The average Bonchev–Trinajstić information content (AvgIpc) is 3.15. The van der Waals surface area contributed by atoms with Crippen LogP contribution in [0.2, 0.25) is 5.02 Å². The highest BCUT2D eigenvalue weighted by molar-refractivity contribution is 6.30. The van der Waals surface area contributed by atoms with Crippen molar-refractivity contribution >= 4 is 17.5 Å². The molecule has 1 aromatic heterocycles. The molecule has 0 saturated heterocycles. The van der Waals surface area contributed by atoms with E-state index in [-0.39, 0.29) is 12.5 Å². The van der Waals surface area contributed by atoms with Crippen LogP contribution in [0.4, 0.5) is 0 Å². The molecule has 3 aromatic rings. The van der Waals surface area contributed by atoms with Crippen LogP contribution in [0.3, 0.4) is 0 Å². The molecule has 0 aliphatic carbocycles. The summed E-state index contributed by atoms with van der Waals surface area (Å²) in [6, 6.07) is 12.5. The zero-order valence-electron chi connectivity index (χ0n) is 14.8. The molecule has 140 valence electrons. The highest BCUT2D eigenvalue weighted by atomic mass is 35.5. The van der Waals surface area contributed by atoms with Crippen molar-refractivity contribution in [3.05, 3.63) is 53.1 Å². The van der Waals surface area contributed by atoms with Gasteiger partial charge >= 0.3 is 0 Å². The third-order valence-corrected chi connectivity index (χ3v) is 4.03. The van der Waals surface area contributed by atoms with E-state index in [4.69, 9.17) is 21.1 Å². The van der Waals surface area contributed by atoms with E-state index in [1.807, 2.05) is 12.1 Å². The van der Waals surface area contributed by atoms with Gasteiger partial charge in [0, 0.05) is 17.1 Å². The van der Waals surface area contributed by atoms with Gasteiger partial charge in [-0.1, -0.05) is 17.7 Å². The molecule has 8 nitrogen and oxygen atoms in total. The Morgan fingerprint density at radius 1 is 1.11 bits per heavy atom. The quantitative estimate of drug-likeness (QED) is 0.669. The van der Waals surface area contributed by atoms with Crippen molar-refractivity contribution in [3.63, 3.8) is 0 Å². The minimum absolute atomic E-state index is 0.0338. The summed E-state index contributed by atoms with van der Waals surface area (Å²) in [5, 5.41) is 15.5. The Morgan fingerprint density at radius 3 is 2.56 bits per heavy atom. The first-order valence-electron chi connectivity index (χ1n) is 8.10. The number of rotatable bonds is 7. The lowest BCUT2D eigenvalue weighted by molar-refractivity contribution is -0.122. The highest BCUT2D eigenvalue weighted by Crippen LogP contribution is 2.27. The standard InChI is InChI=1S/C18H18ClN5O3/c1-26-15-8-3-12(9-16(15)27-2)10-20-17(25)11-24-22-18(21-23-24)13-4-6-14(19)7-5-13/h3-9H,10-11H2,1-2H3,(H,20,25). The number of hydrogen-bond acceptors (Lipinski definition) is 6. The Kier molecular flexibility index (Phi) is 5.87. The van der Waals surface area contributed by atoms with Crippen molar-refractivity contribution in [2.24, 2.45) is 0 Å². The Hall–Kier alpha value is -3.13. The molecule has 1 amide bonds. The number of tetrazole rings is 1. The Morgan fingerprint density at radius 2 is 1.85 bits per heavy atom. The van der Waals surface area contributed by atoms with E-state index in [0.29, 0.717) is 28.9 Å². The SMILES string of the molecule is COc1ccc(CNC(=O)Cn2nnc(-c3ccc(Cl)cc3)n2)cc1OC. The second kappa shape index (κ2) is 8.50. The van der Waals surface area contributed by atoms with Crippen molar-refractivity contribution in [1.29, 1.82) is 0 Å². The van der Waals surface area contributed by atoms with Crippen LogP contribution in [-0.2, 0) is 17.9 Å². The first-order chi connectivity index (χ1) is 13.1. The maximum Gasteiger partial charge on any atom is 0.243 e. The summed E-state index contributed by atoms with van der Waals surface area (Å²) < 4.78 is 10.4. The monoisotopic (exact) mass is 387 g/mol.